The highest BCUT2D eigenvalue weighted by Gasteiger charge is 2.40. The highest BCUT2D eigenvalue weighted by molar-refractivity contribution is 6.46. The largest absolute Gasteiger partial charge is 0.497 e. The Hall–Kier alpha value is -4.06. The highest BCUT2D eigenvalue weighted by Crippen LogP contribution is 2.36. The SMILES string of the molecule is COc1cccc(N2C(=O)C(Nc3ccc(OC(C)C)cc3)=C(c3ccc(C)cc3C)C2=O)c1. The molecule has 6 heteroatoms. The van der Waals surface area contributed by atoms with Crippen LogP contribution in [0.2, 0.25) is 0 Å². The van der Waals surface area contributed by atoms with Gasteiger partial charge in [0.1, 0.15) is 17.2 Å². The van der Waals surface area contributed by atoms with Gasteiger partial charge in [0, 0.05) is 11.8 Å². The number of carbonyl (C=O) groups excluding carboxylic acids is 2. The number of benzene rings is 3. The summed E-state index contributed by atoms with van der Waals surface area (Å²) < 4.78 is 11.0. The van der Waals surface area contributed by atoms with Crippen molar-refractivity contribution in [1.29, 1.82) is 0 Å². The van der Waals surface area contributed by atoms with E-state index in [0.29, 0.717) is 22.7 Å². The van der Waals surface area contributed by atoms with Gasteiger partial charge in [0.15, 0.2) is 0 Å². The molecule has 34 heavy (non-hydrogen) atoms. The van der Waals surface area contributed by atoms with Gasteiger partial charge in [-0.15, -0.1) is 0 Å². The predicted molar refractivity (Wildman–Crippen MR) is 134 cm³/mol. The summed E-state index contributed by atoms with van der Waals surface area (Å²) in [6.07, 6.45) is 0.0584. The monoisotopic (exact) mass is 456 g/mol. The number of imide groups is 1. The maximum Gasteiger partial charge on any atom is 0.282 e. The van der Waals surface area contributed by atoms with Gasteiger partial charge < -0.3 is 14.8 Å². The topological polar surface area (TPSA) is 67.9 Å². The molecule has 0 aliphatic carbocycles. The van der Waals surface area contributed by atoms with Crippen LogP contribution in [0.15, 0.2) is 72.4 Å². The molecule has 0 spiro atoms. The van der Waals surface area contributed by atoms with E-state index in [1.54, 1.807) is 31.4 Å². The number of amides is 2. The molecule has 0 radical (unpaired) electrons. The Morgan fingerprint density at radius 3 is 2.24 bits per heavy atom. The molecule has 0 saturated heterocycles. The van der Waals surface area contributed by atoms with Gasteiger partial charge in [-0.1, -0.05) is 29.8 Å². The lowest BCUT2D eigenvalue weighted by Gasteiger charge is -2.16. The van der Waals surface area contributed by atoms with Crippen molar-refractivity contribution in [2.75, 3.05) is 17.3 Å². The van der Waals surface area contributed by atoms with Crippen LogP contribution in [0.25, 0.3) is 5.57 Å². The van der Waals surface area contributed by atoms with Gasteiger partial charge in [0.05, 0.1) is 24.5 Å². The summed E-state index contributed by atoms with van der Waals surface area (Å²) in [5.74, 6) is 0.493. The fourth-order valence-electron chi connectivity index (χ4n) is 4.01. The van der Waals surface area contributed by atoms with Crippen molar-refractivity contribution in [1.82, 2.24) is 0 Å². The molecule has 0 bridgehead atoms. The Morgan fingerprint density at radius 1 is 0.853 bits per heavy atom. The van der Waals surface area contributed by atoms with E-state index in [2.05, 4.69) is 5.32 Å². The van der Waals surface area contributed by atoms with Crippen molar-refractivity contribution in [3.8, 4) is 11.5 Å². The number of ether oxygens (including phenoxy) is 2. The lowest BCUT2D eigenvalue weighted by Crippen LogP contribution is -2.32. The zero-order chi connectivity index (χ0) is 24.4. The molecule has 3 aromatic rings. The molecule has 0 saturated carbocycles. The van der Waals surface area contributed by atoms with Gasteiger partial charge in [-0.05, 0) is 75.2 Å². The summed E-state index contributed by atoms with van der Waals surface area (Å²) in [5, 5.41) is 3.20. The Balaban J connectivity index is 1.78. The number of hydrogen-bond donors (Lipinski definition) is 1. The summed E-state index contributed by atoms with van der Waals surface area (Å²) in [6.45, 7) is 7.86. The van der Waals surface area contributed by atoms with Crippen LogP contribution in [0.5, 0.6) is 11.5 Å². The molecule has 6 nitrogen and oxygen atoms in total. The first-order valence-corrected chi connectivity index (χ1v) is 11.2. The second-order valence-electron chi connectivity index (χ2n) is 8.53. The molecular formula is C28H28N2O4. The van der Waals surface area contributed by atoms with Crippen LogP contribution < -0.4 is 19.7 Å². The third-order valence-corrected chi connectivity index (χ3v) is 5.54. The molecule has 1 N–H and O–H groups in total. The lowest BCUT2D eigenvalue weighted by molar-refractivity contribution is -0.120. The predicted octanol–water partition coefficient (Wildman–Crippen LogP) is 5.50. The summed E-state index contributed by atoms with van der Waals surface area (Å²) in [7, 11) is 1.55. The number of carbonyl (C=O) groups is 2. The second-order valence-corrected chi connectivity index (χ2v) is 8.53. The number of rotatable bonds is 7. The molecule has 0 atom stereocenters. The number of hydrogen-bond acceptors (Lipinski definition) is 5. The van der Waals surface area contributed by atoms with Gasteiger partial charge >= 0.3 is 0 Å². The molecule has 1 aliphatic heterocycles. The zero-order valence-electron chi connectivity index (χ0n) is 20.0. The minimum Gasteiger partial charge on any atom is -0.497 e. The molecule has 174 valence electrons. The molecule has 1 aliphatic rings. The van der Waals surface area contributed by atoms with E-state index in [1.807, 2.05) is 70.2 Å². The summed E-state index contributed by atoms with van der Waals surface area (Å²) in [5.41, 5.74) is 4.43. The maximum atomic E-state index is 13.7. The van der Waals surface area contributed by atoms with Crippen LogP contribution in [-0.4, -0.2) is 25.0 Å². The zero-order valence-corrected chi connectivity index (χ0v) is 20.0. The molecule has 0 unspecified atom stereocenters. The van der Waals surface area contributed by atoms with Crippen molar-refractivity contribution >= 4 is 28.8 Å². The van der Waals surface area contributed by atoms with Crippen LogP contribution in [0.4, 0.5) is 11.4 Å². The summed E-state index contributed by atoms with van der Waals surface area (Å²) >= 11 is 0. The Bertz CT molecular complexity index is 1280. The fourth-order valence-corrected chi connectivity index (χ4v) is 4.01. The first-order valence-electron chi connectivity index (χ1n) is 11.2. The van der Waals surface area contributed by atoms with Crippen LogP contribution in [0.3, 0.4) is 0 Å². The first kappa shape index (κ1) is 23.1. The number of aryl methyl sites for hydroxylation is 2. The van der Waals surface area contributed by atoms with E-state index >= 15 is 0 Å². The van der Waals surface area contributed by atoms with Gasteiger partial charge in [-0.25, -0.2) is 4.90 Å². The quantitative estimate of drug-likeness (QED) is 0.476. The minimum atomic E-state index is -0.421. The van der Waals surface area contributed by atoms with Gasteiger partial charge in [-0.3, -0.25) is 9.59 Å². The van der Waals surface area contributed by atoms with Crippen molar-refractivity contribution in [3.05, 3.63) is 89.1 Å². The molecule has 1 heterocycles. The van der Waals surface area contributed by atoms with Crippen LogP contribution in [-0.2, 0) is 9.59 Å². The molecule has 2 amide bonds. The standard InChI is InChI=1S/C28H28N2O4/c1-17(2)34-22-12-10-20(11-13-22)29-26-25(24-14-9-18(3)15-19(24)4)27(31)30(28(26)32)21-7-6-8-23(16-21)33-5/h6-17,29H,1-5H3. The molecule has 0 aromatic heterocycles. The number of nitrogens with zero attached hydrogens (tertiary/aromatic N) is 1. The number of anilines is 2. The van der Waals surface area contributed by atoms with Crippen LogP contribution in [0, 0.1) is 13.8 Å². The van der Waals surface area contributed by atoms with E-state index in [4.69, 9.17) is 9.47 Å². The molecule has 4 rings (SSSR count). The second kappa shape index (κ2) is 9.43. The van der Waals surface area contributed by atoms with E-state index in [-0.39, 0.29) is 17.7 Å². The van der Waals surface area contributed by atoms with E-state index in [0.717, 1.165) is 22.4 Å². The average molecular weight is 457 g/mol. The Morgan fingerprint density at radius 2 is 1.59 bits per heavy atom. The van der Waals surface area contributed by atoms with Crippen LogP contribution in [0.1, 0.15) is 30.5 Å². The average Bonchev–Trinajstić information content (AvgIpc) is 3.04. The van der Waals surface area contributed by atoms with Gasteiger partial charge in [-0.2, -0.15) is 0 Å². The number of nitrogens with one attached hydrogen (secondary N) is 1. The highest BCUT2D eigenvalue weighted by atomic mass is 16.5. The first-order chi connectivity index (χ1) is 16.3. The molecule has 0 fully saturated rings. The number of methoxy groups -OCH3 is 1. The Labute approximate surface area is 199 Å². The summed E-state index contributed by atoms with van der Waals surface area (Å²) in [6, 6.07) is 20.1. The van der Waals surface area contributed by atoms with Gasteiger partial charge in [0.2, 0.25) is 0 Å². The molecule has 3 aromatic carbocycles. The lowest BCUT2D eigenvalue weighted by atomic mass is 9.97. The van der Waals surface area contributed by atoms with E-state index < -0.39 is 5.91 Å². The van der Waals surface area contributed by atoms with Crippen molar-refractivity contribution in [2.45, 2.75) is 33.8 Å². The smallest absolute Gasteiger partial charge is 0.282 e. The van der Waals surface area contributed by atoms with Crippen molar-refractivity contribution < 1.29 is 19.1 Å². The maximum absolute atomic E-state index is 13.7. The fraction of sp³-hybridized carbons (Fsp3) is 0.214. The third kappa shape index (κ3) is 4.53. The van der Waals surface area contributed by atoms with Gasteiger partial charge in [0.25, 0.3) is 11.8 Å². The summed E-state index contributed by atoms with van der Waals surface area (Å²) in [4.78, 5) is 28.5. The van der Waals surface area contributed by atoms with Crippen molar-refractivity contribution in [2.24, 2.45) is 0 Å². The third-order valence-electron chi connectivity index (χ3n) is 5.54. The van der Waals surface area contributed by atoms with E-state index in [1.165, 1.54) is 4.90 Å². The minimum absolute atomic E-state index is 0.0584. The van der Waals surface area contributed by atoms with Crippen molar-refractivity contribution in [3.63, 3.8) is 0 Å². The Kier molecular flexibility index (Phi) is 6.41. The van der Waals surface area contributed by atoms with Crippen LogP contribution >= 0.6 is 0 Å². The molecular weight excluding hydrogens is 428 g/mol. The normalized spacial score (nSPS) is 13.6. The van der Waals surface area contributed by atoms with E-state index in [9.17, 15) is 9.59 Å².